The van der Waals surface area contributed by atoms with Gasteiger partial charge in [-0.05, 0) is 19.8 Å². The first kappa shape index (κ1) is 12.2. The summed E-state index contributed by atoms with van der Waals surface area (Å²) in [6, 6.07) is 0. The number of esters is 1. The Morgan fingerprint density at radius 1 is 1.40 bits per heavy atom. The molecule has 0 aliphatic heterocycles. The van der Waals surface area contributed by atoms with Crippen molar-refractivity contribution in [1.82, 2.24) is 0 Å². The van der Waals surface area contributed by atoms with E-state index < -0.39 is 0 Å². The lowest BCUT2D eigenvalue weighted by atomic mass is 10.4. The zero-order chi connectivity index (χ0) is 6.20. The number of hydrogen-bond donors (Lipinski definition) is 0. The summed E-state index contributed by atoms with van der Waals surface area (Å²) in [5.41, 5.74) is -0.0775. The highest BCUT2D eigenvalue weighted by Crippen LogP contribution is 2.38. The standard InChI is InChI=1S/C6H10O2.2CH4/c1-5(7)8-6(2)3-4-6;;/h3-4H2,1-2H3;2*1H4. The third-order valence-corrected chi connectivity index (χ3v) is 1.34. The van der Waals surface area contributed by atoms with Gasteiger partial charge >= 0.3 is 5.97 Å². The fourth-order valence-corrected chi connectivity index (χ4v) is 0.625. The van der Waals surface area contributed by atoms with Crippen molar-refractivity contribution in [2.75, 3.05) is 0 Å². The Morgan fingerprint density at radius 3 is 1.90 bits per heavy atom. The lowest BCUT2D eigenvalue weighted by molar-refractivity contribution is -0.147. The van der Waals surface area contributed by atoms with Crippen molar-refractivity contribution in [3.8, 4) is 0 Å². The molecule has 1 saturated carbocycles. The Labute approximate surface area is 63.6 Å². The highest BCUT2D eigenvalue weighted by Gasteiger charge is 2.40. The molecule has 0 aromatic carbocycles. The lowest BCUT2D eigenvalue weighted by Crippen LogP contribution is -2.11. The van der Waals surface area contributed by atoms with Gasteiger partial charge in [-0.15, -0.1) is 0 Å². The molecule has 0 spiro atoms. The average Bonchev–Trinajstić information content (AvgIpc) is 2.17. The summed E-state index contributed by atoms with van der Waals surface area (Å²) in [7, 11) is 0. The monoisotopic (exact) mass is 146 g/mol. The third-order valence-electron chi connectivity index (χ3n) is 1.34. The molecule has 0 heterocycles. The van der Waals surface area contributed by atoms with Crippen LogP contribution >= 0.6 is 0 Å². The maximum Gasteiger partial charge on any atom is 0.303 e. The molecule has 0 aromatic heterocycles. The van der Waals surface area contributed by atoms with Crippen LogP contribution in [-0.4, -0.2) is 11.6 Å². The van der Waals surface area contributed by atoms with E-state index in [1.807, 2.05) is 6.92 Å². The van der Waals surface area contributed by atoms with E-state index in [9.17, 15) is 4.79 Å². The van der Waals surface area contributed by atoms with Crippen LogP contribution in [0.5, 0.6) is 0 Å². The molecular formula is C8H18O2. The SMILES string of the molecule is C.C.CC(=O)OC1(C)CC1. The minimum absolute atomic E-state index is 0. The van der Waals surface area contributed by atoms with Crippen molar-refractivity contribution in [2.45, 2.75) is 47.1 Å². The molecule has 1 rings (SSSR count). The van der Waals surface area contributed by atoms with Gasteiger partial charge in [-0.1, -0.05) is 14.9 Å². The van der Waals surface area contributed by atoms with Crippen LogP contribution in [0, 0.1) is 0 Å². The molecule has 1 aliphatic rings. The number of carbonyl (C=O) groups excluding carboxylic acids is 1. The maximum absolute atomic E-state index is 10.3. The van der Waals surface area contributed by atoms with E-state index in [4.69, 9.17) is 4.74 Å². The van der Waals surface area contributed by atoms with Gasteiger partial charge < -0.3 is 4.74 Å². The van der Waals surface area contributed by atoms with Gasteiger partial charge in [0.15, 0.2) is 0 Å². The van der Waals surface area contributed by atoms with Gasteiger partial charge in [-0.3, -0.25) is 4.79 Å². The van der Waals surface area contributed by atoms with Crippen molar-refractivity contribution in [3.63, 3.8) is 0 Å². The average molecular weight is 146 g/mol. The highest BCUT2D eigenvalue weighted by molar-refractivity contribution is 5.66. The molecular weight excluding hydrogens is 128 g/mol. The van der Waals surface area contributed by atoms with Crippen LogP contribution in [0.2, 0.25) is 0 Å². The molecule has 0 atom stereocenters. The largest absolute Gasteiger partial charge is 0.460 e. The van der Waals surface area contributed by atoms with Gasteiger partial charge in [-0.2, -0.15) is 0 Å². The van der Waals surface area contributed by atoms with Crippen molar-refractivity contribution in [2.24, 2.45) is 0 Å². The second-order valence-corrected chi connectivity index (χ2v) is 2.54. The van der Waals surface area contributed by atoms with E-state index >= 15 is 0 Å². The first-order valence-electron chi connectivity index (χ1n) is 2.82. The van der Waals surface area contributed by atoms with Crippen molar-refractivity contribution < 1.29 is 9.53 Å². The Balaban J connectivity index is 0. The summed E-state index contributed by atoms with van der Waals surface area (Å²) >= 11 is 0. The van der Waals surface area contributed by atoms with Gasteiger partial charge in [0.05, 0.1) is 0 Å². The lowest BCUT2D eigenvalue weighted by Gasteiger charge is -2.06. The van der Waals surface area contributed by atoms with E-state index in [2.05, 4.69) is 0 Å². The molecule has 0 unspecified atom stereocenters. The zero-order valence-electron chi connectivity index (χ0n) is 5.23. The summed E-state index contributed by atoms with van der Waals surface area (Å²) in [5, 5.41) is 0. The van der Waals surface area contributed by atoms with Gasteiger partial charge in [0.25, 0.3) is 0 Å². The molecule has 62 valence electrons. The first-order chi connectivity index (χ1) is 3.62. The topological polar surface area (TPSA) is 26.3 Å². The molecule has 0 radical (unpaired) electrons. The quantitative estimate of drug-likeness (QED) is 0.531. The van der Waals surface area contributed by atoms with Gasteiger partial charge in [0.1, 0.15) is 5.60 Å². The number of rotatable bonds is 1. The van der Waals surface area contributed by atoms with E-state index in [1.54, 1.807) is 0 Å². The number of hydrogen-bond acceptors (Lipinski definition) is 2. The first-order valence-corrected chi connectivity index (χ1v) is 2.82. The molecule has 0 saturated heterocycles. The minimum atomic E-state index is -0.162. The Morgan fingerprint density at radius 2 is 1.80 bits per heavy atom. The van der Waals surface area contributed by atoms with E-state index in [0.29, 0.717) is 0 Å². The molecule has 2 nitrogen and oxygen atoms in total. The van der Waals surface area contributed by atoms with Crippen molar-refractivity contribution in [3.05, 3.63) is 0 Å². The summed E-state index contributed by atoms with van der Waals surface area (Å²) in [6.45, 7) is 3.40. The van der Waals surface area contributed by atoms with Crippen molar-refractivity contribution in [1.29, 1.82) is 0 Å². The Bertz CT molecular complexity index is 114. The Hall–Kier alpha value is -0.530. The van der Waals surface area contributed by atoms with Gasteiger partial charge in [-0.25, -0.2) is 0 Å². The second kappa shape index (κ2) is 3.59. The summed E-state index contributed by atoms with van der Waals surface area (Å²) in [5.74, 6) is -0.162. The molecule has 0 amide bonds. The number of carbonyl (C=O) groups is 1. The summed E-state index contributed by atoms with van der Waals surface area (Å²) < 4.78 is 4.91. The van der Waals surface area contributed by atoms with Crippen LogP contribution in [0.4, 0.5) is 0 Å². The third kappa shape index (κ3) is 3.49. The highest BCUT2D eigenvalue weighted by atomic mass is 16.6. The van der Waals surface area contributed by atoms with E-state index in [0.717, 1.165) is 12.8 Å². The van der Waals surface area contributed by atoms with Crippen LogP contribution in [-0.2, 0) is 9.53 Å². The van der Waals surface area contributed by atoms with Gasteiger partial charge in [0.2, 0.25) is 0 Å². The minimum Gasteiger partial charge on any atom is -0.460 e. The van der Waals surface area contributed by atoms with E-state index in [1.165, 1.54) is 6.92 Å². The maximum atomic E-state index is 10.3. The molecule has 0 N–H and O–H groups in total. The van der Waals surface area contributed by atoms with Crippen LogP contribution in [0.3, 0.4) is 0 Å². The molecule has 0 aromatic rings. The molecule has 1 fully saturated rings. The fourth-order valence-electron chi connectivity index (χ4n) is 0.625. The molecule has 2 heteroatoms. The van der Waals surface area contributed by atoms with Crippen LogP contribution in [0.25, 0.3) is 0 Å². The molecule has 1 aliphatic carbocycles. The molecule has 10 heavy (non-hydrogen) atoms. The smallest absolute Gasteiger partial charge is 0.303 e. The zero-order valence-corrected chi connectivity index (χ0v) is 5.23. The predicted octanol–water partition coefficient (Wildman–Crippen LogP) is 2.37. The van der Waals surface area contributed by atoms with Gasteiger partial charge in [0, 0.05) is 6.92 Å². The van der Waals surface area contributed by atoms with Crippen LogP contribution < -0.4 is 0 Å². The van der Waals surface area contributed by atoms with Crippen LogP contribution in [0.15, 0.2) is 0 Å². The van der Waals surface area contributed by atoms with E-state index in [-0.39, 0.29) is 26.4 Å². The second-order valence-electron chi connectivity index (χ2n) is 2.54. The van der Waals surface area contributed by atoms with Crippen LogP contribution in [0.1, 0.15) is 41.5 Å². The fraction of sp³-hybridized carbons (Fsp3) is 0.875. The summed E-state index contributed by atoms with van der Waals surface area (Å²) in [4.78, 5) is 10.3. The summed E-state index contributed by atoms with van der Waals surface area (Å²) in [6.07, 6.45) is 2.07. The van der Waals surface area contributed by atoms with Crippen molar-refractivity contribution >= 4 is 5.97 Å². The Kier molecular flexibility index (Phi) is 4.37. The predicted molar refractivity (Wildman–Crippen MR) is 42.9 cm³/mol. The normalized spacial score (nSPS) is 17.8. The molecule has 0 bridgehead atoms. The number of ether oxygens (including phenoxy) is 1.